The van der Waals surface area contributed by atoms with Crippen molar-refractivity contribution < 1.29 is 74.9 Å². The van der Waals surface area contributed by atoms with Gasteiger partial charge in [-0.05, 0) is 262 Å². The van der Waals surface area contributed by atoms with E-state index in [9.17, 15) is 42.3 Å². The van der Waals surface area contributed by atoms with Crippen molar-refractivity contribution in [2.75, 3.05) is 52.5 Å². The summed E-state index contributed by atoms with van der Waals surface area (Å²) in [6.45, 7) is 26.5. The van der Waals surface area contributed by atoms with Gasteiger partial charge in [-0.15, -0.1) is 34.0 Å². The molecule has 6 fully saturated rings. The maximum Gasteiger partial charge on any atom is 0.530 e. The molecule has 9 aromatic carbocycles. The number of carbonyl (C=O) groups is 3. The van der Waals surface area contributed by atoms with Gasteiger partial charge in [0.25, 0.3) is 0 Å². The van der Waals surface area contributed by atoms with Gasteiger partial charge in [0.15, 0.2) is 5.75 Å². The molecular formula is C97H99F3N3O13PS3. The van der Waals surface area contributed by atoms with E-state index in [2.05, 4.69) is 14.7 Å². The van der Waals surface area contributed by atoms with Crippen LogP contribution < -0.4 is 23.5 Å². The van der Waals surface area contributed by atoms with Crippen molar-refractivity contribution in [3.05, 3.63) is 245 Å². The van der Waals surface area contributed by atoms with E-state index in [-0.39, 0.29) is 78.5 Å². The van der Waals surface area contributed by atoms with Crippen LogP contribution in [0.25, 0.3) is 52.5 Å². The predicted octanol–water partition coefficient (Wildman–Crippen LogP) is 23.0. The van der Waals surface area contributed by atoms with Crippen LogP contribution in [0.15, 0.2) is 164 Å². The largest absolute Gasteiger partial charge is 0.530 e. The Morgan fingerprint density at radius 3 is 1.07 bits per heavy atom. The van der Waals surface area contributed by atoms with Crippen molar-refractivity contribution in [3.8, 4) is 68.2 Å². The molecule has 3 saturated carbocycles. The smallest absolute Gasteiger partial charge is 0.508 e. The third kappa shape index (κ3) is 18.3. The van der Waals surface area contributed by atoms with Crippen molar-refractivity contribution >= 4 is 89.4 Å². The second-order valence-electron chi connectivity index (χ2n) is 32.7. The van der Waals surface area contributed by atoms with Crippen molar-refractivity contribution in [1.82, 2.24) is 14.7 Å². The monoisotopic (exact) mass is 1700 g/mol. The zero-order valence-electron chi connectivity index (χ0n) is 69.2. The summed E-state index contributed by atoms with van der Waals surface area (Å²) in [6, 6.07) is 51.3. The Morgan fingerprint density at radius 2 is 0.717 bits per heavy atom. The standard InChI is InChI=1S/C35H39FNO7PS.2C31H30FNO3S/c1-6-40-45(39,41-7-2)44-26-12-13-28-31(18-26)46-35(33(38)32-22(4)16-21(3)17-23(32)5)34(28)43-25-10-8-24(9-11-25)42-27-14-15-37(20-27)30-19-29(30)36;2*1-17-12-18(2)28(19(3)13-17)30(35)31-29(24-9-6-21(34)14-27(24)37-31)20-4-7-22(8-5-20)36-23-10-11-33(16-23)26-15-25(26)32/h8-13,16-18,27,29-30H,6-7,14-15,19-20H2,1-5H3;2*4-9,12-14,23,25-26,34H,10-11,15-16H2,1-3H3/t27-,29?,30?;2*23-,25?,26?/m010/s1. The lowest BCUT2D eigenvalue weighted by atomic mass is 9.92. The third-order valence-corrected chi connectivity index (χ3v) is 28.3. The maximum absolute atomic E-state index is 14.2. The number of rotatable bonds is 25. The van der Waals surface area contributed by atoms with Crippen LogP contribution in [0.3, 0.4) is 0 Å². The maximum atomic E-state index is 14.2. The lowest BCUT2D eigenvalue weighted by Gasteiger charge is -2.17. The molecule has 0 radical (unpaired) electrons. The van der Waals surface area contributed by atoms with Gasteiger partial charge in [0.05, 0.1) is 23.0 Å². The Morgan fingerprint density at radius 1 is 0.408 bits per heavy atom. The number of alkyl halides is 3. The molecule has 3 saturated heterocycles. The first-order valence-electron chi connectivity index (χ1n) is 41.3. The van der Waals surface area contributed by atoms with Crippen molar-refractivity contribution in [1.29, 1.82) is 0 Å². The fraction of sp³-hybridized carbons (Fsp3) is 0.351. The van der Waals surface area contributed by atoms with E-state index < -0.39 is 26.3 Å². The van der Waals surface area contributed by atoms with Crippen LogP contribution in [0, 0.1) is 62.3 Å². The molecule has 9 atom stereocenters. The fourth-order valence-electron chi connectivity index (χ4n) is 17.6. The Bertz CT molecular complexity index is 5640. The van der Waals surface area contributed by atoms with Gasteiger partial charge in [0, 0.05) is 115 Å². The number of ketones is 3. The van der Waals surface area contributed by atoms with Crippen LogP contribution in [0.1, 0.15) is 148 Å². The van der Waals surface area contributed by atoms with Gasteiger partial charge in [-0.1, -0.05) is 77.4 Å². The number of likely N-dealkylation sites (tertiary alicyclic amines) is 3. The molecule has 3 aliphatic heterocycles. The molecular weight excluding hydrogens is 1600 g/mol. The number of thiophene rings is 3. The molecule has 3 aliphatic carbocycles. The van der Waals surface area contributed by atoms with Gasteiger partial charge >= 0.3 is 7.82 Å². The molecule has 0 bridgehead atoms. The molecule has 6 aliphatic rings. The number of phenolic OH excluding ortho intramolecular Hbond substituents is 2. The van der Waals surface area contributed by atoms with E-state index in [1.54, 1.807) is 56.3 Å². The molecule has 3 aromatic heterocycles. The minimum atomic E-state index is -3.81. The molecule has 16 nitrogen and oxygen atoms in total. The average Bonchev–Trinajstić information content (AvgIpc) is 1.51. The second-order valence-corrected chi connectivity index (χ2v) is 37.5. The highest BCUT2D eigenvalue weighted by Crippen LogP contribution is 2.52. The van der Waals surface area contributed by atoms with Crippen molar-refractivity contribution in [2.45, 2.75) is 170 Å². The quantitative estimate of drug-likeness (QED) is 0.0407. The molecule has 12 aromatic rings. The van der Waals surface area contributed by atoms with Gasteiger partial charge in [0.2, 0.25) is 17.3 Å². The van der Waals surface area contributed by atoms with Crippen LogP contribution in [0.2, 0.25) is 0 Å². The predicted molar refractivity (Wildman–Crippen MR) is 472 cm³/mol. The van der Waals surface area contributed by atoms with Crippen molar-refractivity contribution in [2.24, 2.45) is 0 Å². The fourth-order valence-corrected chi connectivity index (χ4v) is 22.3. The summed E-state index contributed by atoms with van der Waals surface area (Å²) in [7, 11) is -3.81. The summed E-state index contributed by atoms with van der Waals surface area (Å²) in [5.41, 5.74) is 14.7. The first kappa shape index (κ1) is 83.9. The minimum Gasteiger partial charge on any atom is -0.508 e. The summed E-state index contributed by atoms with van der Waals surface area (Å²) in [6.07, 6.45) is 2.67. The van der Waals surface area contributed by atoms with E-state index >= 15 is 0 Å². The molecule has 6 unspecified atom stereocenters. The Kier molecular flexibility index (Phi) is 24.5. The Balaban J connectivity index is 0.000000135. The van der Waals surface area contributed by atoms with Gasteiger partial charge in [0.1, 0.15) is 82.0 Å². The number of aromatic hydroxyl groups is 2. The van der Waals surface area contributed by atoms with Crippen LogP contribution in [-0.2, 0) is 13.6 Å². The summed E-state index contributed by atoms with van der Waals surface area (Å²) in [5, 5.41) is 22.8. The number of nitrogens with zero attached hydrogens (tertiary/aromatic N) is 3. The lowest BCUT2D eigenvalue weighted by Crippen LogP contribution is -2.28. The number of carbonyl (C=O) groups excluding carboxylic acids is 3. The van der Waals surface area contributed by atoms with Gasteiger partial charge < -0.3 is 33.7 Å². The van der Waals surface area contributed by atoms with Gasteiger partial charge in [-0.25, -0.2) is 17.7 Å². The Labute approximate surface area is 710 Å². The molecule has 0 amide bonds. The number of phenols is 2. The minimum absolute atomic E-state index is 0.00306. The number of phosphoric ester groups is 1. The first-order valence-corrected chi connectivity index (χ1v) is 45.2. The van der Waals surface area contributed by atoms with E-state index in [4.69, 9.17) is 32.5 Å². The van der Waals surface area contributed by atoms with Crippen molar-refractivity contribution in [3.63, 3.8) is 0 Å². The highest BCUT2D eigenvalue weighted by molar-refractivity contribution is 7.49. The number of fused-ring (bicyclic) bond motifs is 3. The normalized spacial score (nSPS) is 20.8. The zero-order valence-corrected chi connectivity index (χ0v) is 72.6. The number of benzene rings is 9. The van der Waals surface area contributed by atoms with E-state index in [1.165, 1.54) is 34.0 Å². The molecule has 0 spiro atoms. The van der Waals surface area contributed by atoms with E-state index in [0.717, 1.165) is 178 Å². The topological polar surface area (TPSA) is 183 Å². The average molecular weight is 1700 g/mol. The summed E-state index contributed by atoms with van der Waals surface area (Å²) < 4.78 is 97.3. The molecule has 2 N–H and O–H groups in total. The molecule has 624 valence electrons. The first-order chi connectivity index (χ1) is 57.6. The molecule has 23 heteroatoms. The highest BCUT2D eigenvalue weighted by atomic mass is 32.1. The van der Waals surface area contributed by atoms with Crippen LogP contribution in [0.4, 0.5) is 13.2 Å². The van der Waals surface area contributed by atoms with Crippen LogP contribution in [-0.4, -0.2) is 150 Å². The number of hydrogen-bond acceptors (Lipinski definition) is 19. The van der Waals surface area contributed by atoms with Crippen LogP contribution >= 0.6 is 41.8 Å². The Hall–Kier alpha value is -9.71. The van der Waals surface area contributed by atoms with Gasteiger partial charge in [-0.2, -0.15) is 0 Å². The lowest BCUT2D eigenvalue weighted by molar-refractivity contribution is 0.103. The number of aryl methyl sites for hydroxylation is 9. The number of phosphoric acid groups is 1. The van der Waals surface area contributed by atoms with Gasteiger partial charge in [-0.3, -0.25) is 38.1 Å². The number of halogens is 3. The molecule has 120 heavy (non-hydrogen) atoms. The molecule has 6 heterocycles. The zero-order chi connectivity index (χ0) is 84.3. The highest BCUT2D eigenvalue weighted by Gasteiger charge is 2.47. The number of ether oxygens (including phenoxy) is 4. The van der Waals surface area contributed by atoms with E-state index in [0.29, 0.717) is 67.8 Å². The number of hydrogen-bond donors (Lipinski definition) is 2. The SMILES string of the molecule is CCOP(=O)(OCC)Oc1ccc2c(Oc3ccc(O[C@H]4CCN(C5CC5F)C4)cc3)c(C(=O)c3c(C)cc(C)cc3C)sc2c1.Cc1cc(C)c(C(=O)c2sc3cc(O)ccc3c2-c2ccc(O[C@@H]3CCN(C4CC4F)C3)cc2)c(C)c1.Cc1cc(C)c(C(=O)c2sc3cc(O)ccc3c2-c2ccc(O[C@H]3CCN(C4CC4F)C3)cc2)c(C)c1. The molecule has 18 rings (SSSR count). The third-order valence-electron chi connectivity index (χ3n) is 23.3. The van der Waals surface area contributed by atoms with Crippen LogP contribution in [0.5, 0.6) is 46.0 Å². The van der Waals surface area contributed by atoms with E-state index in [1.807, 2.05) is 184 Å². The summed E-state index contributed by atoms with van der Waals surface area (Å²) >= 11 is 4.12. The second kappa shape index (κ2) is 35.0. The summed E-state index contributed by atoms with van der Waals surface area (Å²) in [5.74, 6) is 3.76. The summed E-state index contributed by atoms with van der Waals surface area (Å²) in [4.78, 5) is 50.4.